The molecule has 0 atom stereocenters. The molecule has 0 aromatic carbocycles. The summed E-state index contributed by atoms with van der Waals surface area (Å²) in [4.78, 5) is 23.2. The Morgan fingerprint density at radius 2 is 1.72 bits per heavy atom. The van der Waals surface area contributed by atoms with E-state index in [4.69, 9.17) is 5.11 Å². The van der Waals surface area contributed by atoms with Crippen molar-refractivity contribution < 1.29 is 14.7 Å². The van der Waals surface area contributed by atoms with Gasteiger partial charge in [0, 0.05) is 5.92 Å². The van der Waals surface area contributed by atoms with Gasteiger partial charge in [-0.25, -0.2) is 0 Å². The van der Waals surface area contributed by atoms with Crippen molar-refractivity contribution in [3.63, 3.8) is 0 Å². The highest BCUT2D eigenvalue weighted by molar-refractivity contribution is 5.80. The zero-order valence-corrected chi connectivity index (χ0v) is 11.5. The van der Waals surface area contributed by atoms with Crippen LogP contribution in [0.1, 0.15) is 65.2 Å². The number of rotatable bonds is 6. The molecular weight excluding hydrogens is 230 g/mol. The first-order valence-corrected chi connectivity index (χ1v) is 7.07. The Kier molecular flexibility index (Phi) is 5.63. The molecule has 4 heteroatoms. The molecule has 0 radical (unpaired) electrons. The topological polar surface area (TPSA) is 66.4 Å². The second kappa shape index (κ2) is 6.76. The maximum atomic E-state index is 12.2. The van der Waals surface area contributed by atoms with Crippen molar-refractivity contribution in [2.75, 3.05) is 0 Å². The molecule has 1 rings (SSSR count). The molecule has 0 aromatic heterocycles. The Labute approximate surface area is 109 Å². The first kappa shape index (κ1) is 15.0. The Balaban J connectivity index is 2.71. The molecule has 1 amide bonds. The molecule has 0 saturated heterocycles. The van der Waals surface area contributed by atoms with Crippen LogP contribution in [0.4, 0.5) is 0 Å². The van der Waals surface area contributed by atoms with Crippen molar-refractivity contribution in [3.8, 4) is 0 Å². The van der Waals surface area contributed by atoms with Crippen LogP contribution in [-0.4, -0.2) is 22.5 Å². The number of aliphatic carboxylic acids is 1. The van der Waals surface area contributed by atoms with Gasteiger partial charge in [0.15, 0.2) is 0 Å². The molecular formula is C14H25NO3. The fourth-order valence-corrected chi connectivity index (χ4v) is 2.89. The van der Waals surface area contributed by atoms with Crippen LogP contribution in [0, 0.1) is 5.92 Å². The maximum Gasteiger partial charge on any atom is 0.305 e. The van der Waals surface area contributed by atoms with Gasteiger partial charge in [-0.2, -0.15) is 0 Å². The van der Waals surface area contributed by atoms with Gasteiger partial charge >= 0.3 is 5.97 Å². The summed E-state index contributed by atoms with van der Waals surface area (Å²) in [7, 11) is 0. The summed E-state index contributed by atoms with van der Waals surface area (Å²) in [6, 6.07) is 0. The summed E-state index contributed by atoms with van der Waals surface area (Å²) in [6.07, 6.45) is 6.43. The van der Waals surface area contributed by atoms with Crippen molar-refractivity contribution in [1.29, 1.82) is 0 Å². The third-order valence-electron chi connectivity index (χ3n) is 4.05. The zero-order valence-electron chi connectivity index (χ0n) is 11.5. The molecule has 4 nitrogen and oxygen atoms in total. The fraction of sp³-hybridized carbons (Fsp3) is 0.857. The monoisotopic (exact) mass is 255 g/mol. The first-order valence-electron chi connectivity index (χ1n) is 7.07. The molecule has 1 aliphatic carbocycles. The molecule has 0 heterocycles. The summed E-state index contributed by atoms with van der Waals surface area (Å²) in [6.45, 7) is 4.00. The standard InChI is InChI=1S/C14H25NO3/c1-3-11(4-2)13(18)15-14(10-12(16)17)8-6-5-7-9-14/h11H,3-10H2,1-2H3,(H,15,18)(H,16,17). The van der Waals surface area contributed by atoms with Crippen LogP contribution >= 0.6 is 0 Å². The van der Waals surface area contributed by atoms with Crippen LogP contribution in [0.5, 0.6) is 0 Å². The molecule has 0 aliphatic heterocycles. The summed E-state index contributed by atoms with van der Waals surface area (Å²) in [5.74, 6) is -0.775. The molecule has 0 unspecified atom stereocenters. The third kappa shape index (κ3) is 4.00. The molecule has 1 saturated carbocycles. The second-order valence-electron chi connectivity index (χ2n) is 5.41. The quantitative estimate of drug-likeness (QED) is 0.767. The number of nitrogens with one attached hydrogen (secondary N) is 1. The minimum absolute atomic E-state index is 0.0117. The summed E-state index contributed by atoms with van der Waals surface area (Å²) in [5.41, 5.74) is -0.496. The van der Waals surface area contributed by atoms with E-state index >= 15 is 0 Å². The number of hydrogen-bond donors (Lipinski definition) is 2. The highest BCUT2D eigenvalue weighted by atomic mass is 16.4. The van der Waals surface area contributed by atoms with Crippen LogP contribution in [-0.2, 0) is 9.59 Å². The van der Waals surface area contributed by atoms with Crippen molar-refractivity contribution in [3.05, 3.63) is 0 Å². The predicted molar refractivity (Wildman–Crippen MR) is 70.3 cm³/mol. The molecule has 0 spiro atoms. The largest absolute Gasteiger partial charge is 0.481 e. The van der Waals surface area contributed by atoms with Crippen molar-refractivity contribution in [2.45, 2.75) is 70.8 Å². The number of carboxylic acid groups (broad SMARTS) is 1. The second-order valence-corrected chi connectivity index (χ2v) is 5.41. The van der Waals surface area contributed by atoms with Gasteiger partial charge in [0.25, 0.3) is 0 Å². The van der Waals surface area contributed by atoms with E-state index in [0.29, 0.717) is 0 Å². The van der Waals surface area contributed by atoms with E-state index in [1.165, 1.54) is 0 Å². The predicted octanol–water partition coefficient (Wildman–Crippen LogP) is 2.72. The average Bonchev–Trinajstić information content (AvgIpc) is 2.30. The van der Waals surface area contributed by atoms with Gasteiger partial charge in [0.1, 0.15) is 0 Å². The first-order chi connectivity index (χ1) is 8.53. The normalized spacial score (nSPS) is 18.6. The number of carbonyl (C=O) groups is 2. The average molecular weight is 255 g/mol. The zero-order chi connectivity index (χ0) is 13.6. The van der Waals surface area contributed by atoms with Gasteiger partial charge in [0.2, 0.25) is 5.91 Å². The van der Waals surface area contributed by atoms with Gasteiger partial charge in [-0.3, -0.25) is 9.59 Å². The summed E-state index contributed by atoms with van der Waals surface area (Å²) < 4.78 is 0. The van der Waals surface area contributed by atoms with Gasteiger partial charge in [0.05, 0.1) is 12.0 Å². The lowest BCUT2D eigenvalue weighted by atomic mass is 9.78. The number of carboxylic acids is 1. The minimum Gasteiger partial charge on any atom is -0.481 e. The summed E-state index contributed by atoms with van der Waals surface area (Å²) in [5, 5.41) is 12.1. The van der Waals surface area contributed by atoms with Crippen molar-refractivity contribution >= 4 is 11.9 Å². The van der Waals surface area contributed by atoms with Gasteiger partial charge in [-0.1, -0.05) is 33.1 Å². The number of carbonyl (C=O) groups excluding carboxylic acids is 1. The lowest BCUT2D eigenvalue weighted by Gasteiger charge is -2.38. The molecule has 1 fully saturated rings. The van der Waals surface area contributed by atoms with Crippen molar-refractivity contribution in [1.82, 2.24) is 5.32 Å². The van der Waals surface area contributed by atoms with Gasteiger partial charge in [-0.05, 0) is 25.7 Å². The van der Waals surface area contributed by atoms with E-state index in [-0.39, 0.29) is 18.2 Å². The Bertz CT molecular complexity index is 291. The van der Waals surface area contributed by atoms with Crippen LogP contribution in [0.2, 0.25) is 0 Å². The van der Waals surface area contributed by atoms with E-state index in [9.17, 15) is 9.59 Å². The highest BCUT2D eigenvalue weighted by Gasteiger charge is 2.36. The van der Waals surface area contributed by atoms with Gasteiger partial charge in [-0.15, -0.1) is 0 Å². The molecule has 0 aromatic rings. The highest BCUT2D eigenvalue weighted by Crippen LogP contribution is 2.31. The Morgan fingerprint density at radius 3 is 2.17 bits per heavy atom. The lowest BCUT2D eigenvalue weighted by molar-refractivity contribution is -0.140. The number of hydrogen-bond acceptors (Lipinski definition) is 2. The third-order valence-corrected chi connectivity index (χ3v) is 4.05. The van der Waals surface area contributed by atoms with Crippen LogP contribution in [0.25, 0.3) is 0 Å². The summed E-state index contributed by atoms with van der Waals surface area (Å²) >= 11 is 0. The number of amides is 1. The van der Waals surface area contributed by atoms with Crippen LogP contribution in [0.15, 0.2) is 0 Å². The molecule has 104 valence electrons. The molecule has 18 heavy (non-hydrogen) atoms. The SMILES string of the molecule is CCC(CC)C(=O)NC1(CC(=O)O)CCCCC1. The molecule has 0 bridgehead atoms. The van der Waals surface area contributed by atoms with E-state index in [1.54, 1.807) is 0 Å². The van der Waals surface area contributed by atoms with Gasteiger partial charge < -0.3 is 10.4 Å². The lowest BCUT2D eigenvalue weighted by Crippen LogP contribution is -2.52. The molecule has 2 N–H and O–H groups in total. The van der Waals surface area contributed by atoms with E-state index in [0.717, 1.165) is 44.9 Å². The smallest absolute Gasteiger partial charge is 0.305 e. The Morgan fingerprint density at radius 1 is 1.17 bits per heavy atom. The van der Waals surface area contributed by atoms with Crippen LogP contribution in [0.3, 0.4) is 0 Å². The van der Waals surface area contributed by atoms with E-state index in [2.05, 4.69) is 5.32 Å². The van der Waals surface area contributed by atoms with E-state index in [1.807, 2.05) is 13.8 Å². The fourth-order valence-electron chi connectivity index (χ4n) is 2.89. The Hall–Kier alpha value is -1.06. The van der Waals surface area contributed by atoms with Crippen LogP contribution < -0.4 is 5.32 Å². The van der Waals surface area contributed by atoms with E-state index < -0.39 is 11.5 Å². The minimum atomic E-state index is -0.818. The maximum absolute atomic E-state index is 12.2. The van der Waals surface area contributed by atoms with Crippen molar-refractivity contribution in [2.24, 2.45) is 5.92 Å². The molecule has 1 aliphatic rings.